The maximum absolute atomic E-state index is 13.4. The van der Waals surface area contributed by atoms with Gasteiger partial charge in [-0.25, -0.2) is 9.97 Å². The molecule has 4 saturated heterocycles. The Kier molecular flexibility index (Phi) is 9.82. The zero-order chi connectivity index (χ0) is 40.3. The third-order valence-electron chi connectivity index (χ3n) is 13.5. The molecule has 2 aromatic carbocycles. The molecule has 2 N–H and O–H groups in total. The summed E-state index contributed by atoms with van der Waals surface area (Å²) in [4.78, 5) is 71.0. The lowest BCUT2D eigenvalue weighted by molar-refractivity contribution is -0.136. The first-order valence-electron chi connectivity index (χ1n) is 21.5. The van der Waals surface area contributed by atoms with Crippen LogP contribution in [-0.2, 0) is 9.59 Å². The summed E-state index contributed by atoms with van der Waals surface area (Å²) in [5.74, 6) is 1.19. The van der Waals surface area contributed by atoms with Gasteiger partial charge < -0.3 is 14.5 Å². The number of ether oxygens (including phenoxy) is 1. The van der Waals surface area contributed by atoms with E-state index in [4.69, 9.17) is 4.74 Å². The van der Waals surface area contributed by atoms with Crippen LogP contribution in [-0.4, -0.2) is 129 Å². The Morgan fingerprint density at radius 3 is 2.20 bits per heavy atom. The highest BCUT2D eigenvalue weighted by atomic mass is 16.5. The molecule has 4 aromatic rings. The molecule has 6 aliphatic rings. The van der Waals surface area contributed by atoms with Gasteiger partial charge in [-0.15, -0.1) is 0 Å². The molecule has 0 radical (unpaired) electrons. The fourth-order valence-electron chi connectivity index (χ4n) is 9.81. The summed E-state index contributed by atoms with van der Waals surface area (Å²) in [5, 5.41) is 11.1. The topological polar surface area (TPSA) is 160 Å². The van der Waals surface area contributed by atoms with Crippen molar-refractivity contribution in [1.29, 1.82) is 0 Å². The van der Waals surface area contributed by atoms with E-state index in [2.05, 4.69) is 64.1 Å². The van der Waals surface area contributed by atoms with E-state index >= 15 is 0 Å². The number of aromatic amines is 1. The van der Waals surface area contributed by atoms with Gasteiger partial charge in [-0.3, -0.25) is 44.3 Å². The van der Waals surface area contributed by atoms with Crippen LogP contribution in [0.3, 0.4) is 0 Å². The van der Waals surface area contributed by atoms with E-state index in [1.54, 1.807) is 12.4 Å². The molecular formula is C44H52N10O5. The molecule has 0 bridgehead atoms. The maximum atomic E-state index is 13.4. The molecule has 2 aromatic heterocycles. The zero-order valence-electron chi connectivity index (χ0n) is 33.7. The van der Waals surface area contributed by atoms with Crippen LogP contribution in [0.25, 0.3) is 22.3 Å². The number of hydrogen-bond acceptors (Lipinski definition) is 12. The number of nitrogens with one attached hydrogen (secondary N) is 2. The Morgan fingerprint density at radius 2 is 1.49 bits per heavy atom. The molecule has 0 spiro atoms. The number of piperidine rings is 3. The number of imide groups is 2. The van der Waals surface area contributed by atoms with E-state index in [1.165, 1.54) is 6.42 Å². The number of amides is 4. The lowest BCUT2D eigenvalue weighted by Gasteiger charge is -2.42. The van der Waals surface area contributed by atoms with E-state index in [9.17, 15) is 19.2 Å². The van der Waals surface area contributed by atoms with Gasteiger partial charge in [-0.2, -0.15) is 5.10 Å². The molecule has 5 aliphatic heterocycles. The molecule has 59 heavy (non-hydrogen) atoms. The molecule has 1 atom stereocenters. The molecule has 15 nitrogen and oxygen atoms in total. The van der Waals surface area contributed by atoms with Crippen LogP contribution in [0.4, 0.5) is 11.5 Å². The number of benzene rings is 2. The Labute approximate surface area is 343 Å². The predicted octanol–water partition coefficient (Wildman–Crippen LogP) is 4.45. The predicted molar refractivity (Wildman–Crippen MR) is 221 cm³/mol. The van der Waals surface area contributed by atoms with Crippen LogP contribution in [0, 0.1) is 11.8 Å². The van der Waals surface area contributed by atoms with Gasteiger partial charge in [-0.05, 0) is 107 Å². The molecule has 5 fully saturated rings. The van der Waals surface area contributed by atoms with E-state index in [-0.39, 0.29) is 24.3 Å². The summed E-state index contributed by atoms with van der Waals surface area (Å²) < 4.78 is 6.24. The number of anilines is 2. The van der Waals surface area contributed by atoms with Crippen LogP contribution in [0.2, 0.25) is 0 Å². The first-order chi connectivity index (χ1) is 28.7. The molecule has 7 heterocycles. The highest BCUT2D eigenvalue weighted by molar-refractivity contribution is 6.23. The minimum absolute atomic E-state index is 0.0452. The summed E-state index contributed by atoms with van der Waals surface area (Å²) >= 11 is 0. The van der Waals surface area contributed by atoms with E-state index < -0.39 is 23.8 Å². The van der Waals surface area contributed by atoms with Crippen molar-refractivity contribution in [2.24, 2.45) is 11.8 Å². The molecule has 1 saturated carbocycles. The normalized spacial score (nSPS) is 23.3. The summed E-state index contributed by atoms with van der Waals surface area (Å²) in [7, 11) is 0. The largest absolute Gasteiger partial charge is 0.488 e. The second kappa shape index (κ2) is 15.3. The Hall–Kier alpha value is -5.41. The van der Waals surface area contributed by atoms with Crippen LogP contribution in [0.5, 0.6) is 5.75 Å². The zero-order valence-corrected chi connectivity index (χ0v) is 33.7. The number of H-pyrrole nitrogens is 1. The number of rotatable bonds is 10. The van der Waals surface area contributed by atoms with Gasteiger partial charge in [0.2, 0.25) is 11.8 Å². The number of nitrogens with zero attached hydrogens (tertiary/aromatic N) is 8. The van der Waals surface area contributed by atoms with Gasteiger partial charge in [0.1, 0.15) is 35.2 Å². The number of carbonyl (C=O) groups is 4. The Bertz CT molecular complexity index is 2290. The van der Waals surface area contributed by atoms with Crippen molar-refractivity contribution in [3.8, 4) is 17.1 Å². The fraction of sp³-hybridized carbons (Fsp3) is 0.523. The third kappa shape index (κ3) is 7.66. The number of fused-ring (bicyclic) bond motifs is 2. The number of aromatic nitrogens is 4. The average Bonchev–Trinajstić information content (AvgIpc) is 3.73. The molecule has 308 valence electrons. The SMILES string of the molecule is CC1(Oc2ccc3[nH]nc(-c4cc(N5CCC(CN6CCCN(CC7CCN(c8ccc9c(c8)C(=O)N(C8CCC(=O)NC8=O)C9=O)CC7)C6)CC5)ncn4)c3c2)CC1. The van der Waals surface area contributed by atoms with Crippen molar-refractivity contribution >= 4 is 46.0 Å². The number of hydrogen-bond donors (Lipinski definition) is 2. The lowest BCUT2D eigenvalue weighted by atomic mass is 9.94. The van der Waals surface area contributed by atoms with Crippen molar-refractivity contribution in [2.75, 3.05) is 68.8 Å². The van der Waals surface area contributed by atoms with Crippen LogP contribution in [0.1, 0.15) is 85.4 Å². The summed E-state index contributed by atoms with van der Waals surface area (Å²) in [6.45, 7) is 11.4. The molecular weight excluding hydrogens is 749 g/mol. The minimum atomic E-state index is -0.955. The molecule has 1 aliphatic carbocycles. The summed E-state index contributed by atoms with van der Waals surface area (Å²) in [6, 6.07) is 12.7. The van der Waals surface area contributed by atoms with Crippen molar-refractivity contribution < 1.29 is 23.9 Å². The smallest absolute Gasteiger partial charge is 0.262 e. The monoisotopic (exact) mass is 800 g/mol. The molecule has 15 heteroatoms. The third-order valence-corrected chi connectivity index (χ3v) is 13.5. The highest BCUT2D eigenvalue weighted by Crippen LogP contribution is 2.41. The second-order valence-corrected chi connectivity index (χ2v) is 17.8. The van der Waals surface area contributed by atoms with Gasteiger partial charge >= 0.3 is 0 Å². The second-order valence-electron chi connectivity index (χ2n) is 17.8. The van der Waals surface area contributed by atoms with Crippen molar-refractivity contribution in [3.63, 3.8) is 0 Å². The fourth-order valence-corrected chi connectivity index (χ4v) is 9.81. The van der Waals surface area contributed by atoms with Gasteiger partial charge in [-0.1, -0.05) is 0 Å². The first kappa shape index (κ1) is 37.8. The Balaban J connectivity index is 0.692. The van der Waals surface area contributed by atoms with Gasteiger partial charge in [0, 0.05) is 75.9 Å². The standard InChI is InChI=1S/C44H52N10O5/c1-44(13-14-44)59-31-4-6-35-34(22-31)40(49-48-35)36-23-38(46-26-45-36)53-19-11-29(12-20-53)25-51-16-2-15-50(27-51)24-28-9-17-52(18-10-28)30-3-5-32-33(21-30)43(58)54(42(32)57)37-7-8-39(55)47-41(37)56/h3-6,21-23,26,28-29,37H,2,7-20,24-25,27H2,1H3,(H,48,49)(H,47,55,56). The van der Waals surface area contributed by atoms with E-state index in [1.807, 2.05) is 24.3 Å². The molecule has 10 rings (SSSR count). The van der Waals surface area contributed by atoms with Crippen LogP contribution >= 0.6 is 0 Å². The number of carbonyl (C=O) groups excluding carboxylic acids is 4. The van der Waals surface area contributed by atoms with Crippen molar-refractivity contribution in [1.82, 2.24) is 40.2 Å². The van der Waals surface area contributed by atoms with Gasteiger partial charge in [0.25, 0.3) is 11.8 Å². The van der Waals surface area contributed by atoms with Crippen LogP contribution < -0.4 is 19.9 Å². The van der Waals surface area contributed by atoms with Gasteiger partial charge in [0.15, 0.2) is 0 Å². The summed E-state index contributed by atoms with van der Waals surface area (Å²) in [6.07, 6.45) is 9.69. The average molecular weight is 801 g/mol. The Morgan fingerprint density at radius 1 is 0.780 bits per heavy atom. The van der Waals surface area contributed by atoms with Crippen LogP contribution in [0.15, 0.2) is 48.8 Å². The minimum Gasteiger partial charge on any atom is -0.488 e. The van der Waals surface area contributed by atoms with E-state index in [0.29, 0.717) is 23.0 Å². The van der Waals surface area contributed by atoms with E-state index in [0.717, 1.165) is 142 Å². The summed E-state index contributed by atoms with van der Waals surface area (Å²) in [5.41, 5.74) is 4.14. The maximum Gasteiger partial charge on any atom is 0.262 e. The lowest BCUT2D eigenvalue weighted by Crippen LogP contribution is -2.54. The van der Waals surface area contributed by atoms with Gasteiger partial charge in [0.05, 0.1) is 29.0 Å². The highest BCUT2D eigenvalue weighted by Gasteiger charge is 2.45. The van der Waals surface area contributed by atoms with Crippen molar-refractivity contribution in [2.45, 2.75) is 76.4 Å². The van der Waals surface area contributed by atoms with Crippen molar-refractivity contribution in [3.05, 3.63) is 59.9 Å². The quantitative estimate of drug-likeness (QED) is 0.218. The molecule has 4 amide bonds. The first-order valence-corrected chi connectivity index (χ1v) is 21.5. The molecule has 1 unspecified atom stereocenters.